The maximum atomic E-state index is 13.2. The molecule has 4 aromatic rings. The van der Waals surface area contributed by atoms with Crippen LogP contribution in [0.1, 0.15) is 5.56 Å². The van der Waals surface area contributed by atoms with E-state index in [9.17, 15) is 26.0 Å². The third-order valence-corrected chi connectivity index (χ3v) is 7.41. The zero-order valence-corrected chi connectivity index (χ0v) is 17.8. The van der Waals surface area contributed by atoms with Crippen LogP contribution in [0, 0.1) is 5.82 Å². The smallest absolute Gasteiger partial charge is 0.333 e. The molecule has 0 fully saturated rings. The molecule has 0 aliphatic carbocycles. The fourth-order valence-corrected chi connectivity index (χ4v) is 5.35. The Hall–Kier alpha value is -3.25. The quantitative estimate of drug-likeness (QED) is 0.353. The fourth-order valence-electron chi connectivity index (χ4n) is 2.84. The highest BCUT2D eigenvalue weighted by Crippen LogP contribution is 2.36. The van der Waals surface area contributed by atoms with Crippen LogP contribution >= 0.6 is 11.3 Å². The molecule has 0 aliphatic heterocycles. The average Bonchev–Trinajstić information content (AvgIpc) is 3.43. The lowest BCUT2D eigenvalue weighted by Gasteiger charge is -2.19. The van der Waals surface area contributed by atoms with Gasteiger partial charge in [0.05, 0.1) is 11.3 Å². The van der Waals surface area contributed by atoms with Gasteiger partial charge in [-0.15, -0.1) is 11.3 Å². The molecule has 2 aromatic carbocycles. The Labute approximate surface area is 183 Å². The number of halogens is 4. The highest BCUT2D eigenvalue weighted by molar-refractivity contribution is 7.93. The summed E-state index contributed by atoms with van der Waals surface area (Å²) in [5.41, 5.74) is -0.294. The topological polar surface area (TPSA) is 76.3 Å². The first kappa shape index (κ1) is 22.0. The van der Waals surface area contributed by atoms with Crippen LogP contribution in [0.5, 0.6) is 0 Å². The molecule has 0 atom stereocenters. The predicted molar refractivity (Wildman–Crippen MR) is 110 cm³/mol. The minimum absolute atomic E-state index is 0.0114. The minimum atomic E-state index is -4.47. The van der Waals surface area contributed by atoms with Crippen LogP contribution in [0.4, 0.5) is 23.2 Å². The van der Waals surface area contributed by atoms with E-state index >= 15 is 0 Å². The summed E-state index contributed by atoms with van der Waals surface area (Å²) in [7, 11) is -2.72. The number of nitrogens with zero attached hydrogens (tertiary/aromatic N) is 3. The first-order valence-corrected chi connectivity index (χ1v) is 11.2. The van der Waals surface area contributed by atoms with E-state index in [0.29, 0.717) is 0 Å². The van der Waals surface area contributed by atoms with Gasteiger partial charge in [-0.05, 0) is 47.8 Å². The van der Waals surface area contributed by atoms with E-state index in [2.05, 4.69) is 10.1 Å². The van der Waals surface area contributed by atoms with Gasteiger partial charge in [0.1, 0.15) is 15.6 Å². The molecular weight excluding hydrogens is 470 g/mol. The summed E-state index contributed by atoms with van der Waals surface area (Å²) in [5.74, 6) is -0.587. The second-order valence-electron chi connectivity index (χ2n) is 6.56. The van der Waals surface area contributed by atoms with Crippen LogP contribution in [-0.4, -0.2) is 25.6 Å². The summed E-state index contributed by atoms with van der Waals surface area (Å²) in [6, 6.07) is 10.5. The molecule has 0 N–H and O–H groups in total. The molecule has 0 radical (unpaired) electrons. The summed E-state index contributed by atoms with van der Waals surface area (Å²) < 4.78 is 83.9. The van der Waals surface area contributed by atoms with Crippen LogP contribution in [0.25, 0.3) is 22.2 Å². The molecule has 0 spiro atoms. The molecule has 12 heteroatoms. The Morgan fingerprint density at radius 3 is 2.28 bits per heavy atom. The molecule has 4 rings (SSSR count). The third-order valence-electron chi connectivity index (χ3n) is 4.55. The molecule has 32 heavy (non-hydrogen) atoms. The van der Waals surface area contributed by atoms with E-state index in [1.54, 1.807) is 0 Å². The molecule has 0 saturated heterocycles. The second-order valence-corrected chi connectivity index (χ2v) is 9.41. The van der Waals surface area contributed by atoms with Gasteiger partial charge in [0.25, 0.3) is 15.9 Å². The van der Waals surface area contributed by atoms with Gasteiger partial charge < -0.3 is 4.52 Å². The lowest BCUT2D eigenvalue weighted by molar-refractivity contribution is -0.137. The molecule has 0 amide bonds. The van der Waals surface area contributed by atoms with Crippen molar-refractivity contribution < 1.29 is 30.5 Å². The number of anilines is 1. The van der Waals surface area contributed by atoms with Crippen molar-refractivity contribution in [2.45, 2.75) is 11.1 Å². The van der Waals surface area contributed by atoms with E-state index in [1.165, 1.54) is 42.8 Å². The fraction of sp³-hybridized carbons (Fsp3) is 0.100. The highest BCUT2D eigenvalue weighted by Gasteiger charge is 2.31. The summed E-state index contributed by atoms with van der Waals surface area (Å²) in [6.45, 7) is 0. The number of aromatic nitrogens is 2. The average molecular weight is 483 g/mol. The Balaban J connectivity index is 1.66. The largest absolute Gasteiger partial charge is 0.416 e. The molecule has 0 bridgehead atoms. The maximum absolute atomic E-state index is 13.2. The minimum Gasteiger partial charge on any atom is -0.333 e. The van der Waals surface area contributed by atoms with Crippen molar-refractivity contribution in [2.75, 3.05) is 11.4 Å². The number of rotatable bonds is 5. The summed E-state index contributed by atoms with van der Waals surface area (Å²) >= 11 is 1.05. The first-order valence-electron chi connectivity index (χ1n) is 8.91. The molecule has 2 heterocycles. The predicted octanol–water partition coefficient (Wildman–Crippen LogP) is 5.45. The van der Waals surface area contributed by atoms with Crippen molar-refractivity contribution in [1.29, 1.82) is 0 Å². The van der Waals surface area contributed by atoms with Gasteiger partial charge in [0, 0.05) is 12.6 Å². The highest BCUT2D eigenvalue weighted by atomic mass is 32.2. The monoisotopic (exact) mass is 483 g/mol. The van der Waals surface area contributed by atoms with Gasteiger partial charge >= 0.3 is 6.18 Å². The van der Waals surface area contributed by atoms with Gasteiger partial charge in [0.2, 0.25) is 5.82 Å². The number of benzene rings is 2. The maximum Gasteiger partial charge on any atom is 0.416 e. The van der Waals surface area contributed by atoms with Crippen LogP contribution in [0.15, 0.2) is 69.4 Å². The number of sulfonamides is 1. The van der Waals surface area contributed by atoms with E-state index in [4.69, 9.17) is 4.52 Å². The van der Waals surface area contributed by atoms with Crippen molar-refractivity contribution in [3.05, 3.63) is 71.4 Å². The molecule has 6 nitrogen and oxygen atoms in total. The summed E-state index contributed by atoms with van der Waals surface area (Å²) in [6.07, 6.45) is -4.47. The van der Waals surface area contributed by atoms with Crippen molar-refractivity contribution in [3.8, 4) is 22.2 Å². The van der Waals surface area contributed by atoms with Crippen molar-refractivity contribution in [1.82, 2.24) is 10.1 Å². The molecule has 166 valence electrons. The molecule has 0 unspecified atom stereocenters. The lowest BCUT2D eigenvalue weighted by Crippen LogP contribution is -2.26. The van der Waals surface area contributed by atoms with Gasteiger partial charge in [-0.3, -0.25) is 4.31 Å². The molecule has 0 aliphatic rings. The molecule has 2 aromatic heterocycles. The Kier molecular flexibility index (Phi) is 5.51. The number of thiophene rings is 1. The Morgan fingerprint density at radius 2 is 1.66 bits per heavy atom. The van der Waals surface area contributed by atoms with E-state index in [-0.39, 0.29) is 32.7 Å². The number of hydrogen-bond donors (Lipinski definition) is 0. The van der Waals surface area contributed by atoms with E-state index < -0.39 is 27.6 Å². The van der Waals surface area contributed by atoms with Crippen LogP contribution in [0.2, 0.25) is 0 Å². The first-order chi connectivity index (χ1) is 15.1. The summed E-state index contributed by atoms with van der Waals surface area (Å²) in [4.78, 5) is 4.22. The number of alkyl halides is 3. The normalized spacial score (nSPS) is 12.2. The van der Waals surface area contributed by atoms with Gasteiger partial charge in [0.15, 0.2) is 0 Å². The Morgan fingerprint density at radius 1 is 1.00 bits per heavy atom. The van der Waals surface area contributed by atoms with Gasteiger partial charge in [-0.1, -0.05) is 17.3 Å². The van der Waals surface area contributed by atoms with Crippen molar-refractivity contribution in [3.63, 3.8) is 0 Å². The van der Waals surface area contributed by atoms with Gasteiger partial charge in [-0.25, -0.2) is 12.8 Å². The third kappa shape index (κ3) is 4.10. The Bertz CT molecular complexity index is 1350. The number of hydrogen-bond acceptors (Lipinski definition) is 6. The lowest BCUT2D eigenvalue weighted by atomic mass is 10.1. The zero-order valence-electron chi connectivity index (χ0n) is 16.2. The SMILES string of the molecule is CN(c1ccc(F)cc1)S(=O)(=O)c1ccsc1-c1nc(-c2ccc(C(F)(F)F)cc2)no1. The van der Waals surface area contributed by atoms with E-state index in [0.717, 1.165) is 39.9 Å². The van der Waals surface area contributed by atoms with Crippen LogP contribution in [0.3, 0.4) is 0 Å². The van der Waals surface area contributed by atoms with Crippen molar-refractivity contribution >= 4 is 27.0 Å². The van der Waals surface area contributed by atoms with Crippen LogP contribution in [-0.2, 0) is 16.2 Å². The summed E-state index contributed by atoms with van der Waals surface area (Å²) in [5, 5.41) is 5.29. The van der Waals surface area contributed by atoms with Gasteiger partial charge in [-0.2, -0.15) is 18.2 Å². The van der Waals surface area contributed by atoms with E-state index in [1.807, 2.05) is 0 Å². The standard InChI is InChI=1S/C20H13F4N3O3S2/c1-27(15-8-6-14(21)7-9-15)32(28,29)16-10-11-31-17(16)19-25-18(26-30-19)12-2-4-13(5-3-12)20(22,23)24/h2-11H,1H3. The zero-order chi connectivity index (χ0) is 23.1. The second kappa shape index (κ2) is 8.02. The molecular formula is C20H13F4N3O3S2. The van der Waals surface area contributed by atoms with Crippen LogP contribution < -0.4 is 4.31 Å². The van der Waals surface area contributed by atoms with Crippen molar-refractivity contribution in [2.24, 2.45) is 0 Å². The molecule has 0 saturated carbocycles.